The first-order valence-corrected chi connectivity index (χ1v) is 8.14. The van der Waals surface area contributed by atoms with Gasteiger partial charge < -0.3 is 10.1 Å². The van der Waals surface area contributed by atoms with E-state index in [2.05, 4.69) is 5.32 Å². The number of hydrogen-bond acceptors (Lipinski definition) is 3. The van der Waals surface area contributed by atoms with Crippen molar-refractivity contribution in [3.8, 4) is 0 Å². The molecule has 2 aliphatic rings. The van der Waals surface area contributed by atoms with E-state index in [1.165, 1.54) is 32.1 Å². The highest BCUT2D eigenvalue weighted by Crippen LogP contribution is 2.39. The summed E-state index contributed by atoms with van der Waals surface area (Å²) in [5.41, 5.74) is 1.19. The van der Waals surface area contributed by atoms with E-state index in [-0.39, 0.29) is 17.6 Å². The average molecular weight is 279 g/mol. The molecule has 4 heteroatoms. The lowest BCUT2D eigenvalue weighted by molar-refractivity contribution is -0.121. The summed E-state index contributed by atoms with van der Waals surface area (Å²) in [4.78, 5) is 12.0. The quantitative estimate of drug-likeness (QED) is 0.924. The number of amides is 1. The predicted octanol–water partition coefficient (Wildman–Crippen LogP) is 2.90. The molecule has 2 heterocycles. The number of carbonyl (C=O) groups is 1. The van der Waals surface area contributed by atoms with Gasteiger partial charge in [-0.1, -0.05) is 19.3 Å². The first-order valence-electron chi connectivity index (χ1n) is 7.20. The van der Waals surface area contributed by atoms with Crippen LogP contribution < -0.4 is 5.32 Å². The normalized spacial score (nSPS) is 25.6. The summed E-state index contributed by atoms with van der Waals surface area (Å²) in [7, 11) is 0. The molecule has 1 spiro atoms. The third-order valence-corrected chi connectivity index (χ3v) is 5.02. The fourth-order valence-corrected chi connectivity index (χ4v) is 4.01. The van der Waals surface area contributed by atoms with Gasteiger partial charge in [0, 0.05) is 0 Å². The topological polar surface area (TPSA) is 38.3 Å². The molecule has 2 fully saturated rings. The smallest absolute Gasteiger partial charge is 0.224 e. The molecule has 1 atom stereocenters. The van der Waals surface area contributed by atoms with Crippen molar-refractivity contribution in [2.45, 2.75) is 56.6 Å². The highest BCUT2D eigenvalue weighted by atomic mass is 32.1. The molecule has 3 rings (SSSR count). The summed E-state index contributed by atoms with van der Waals surface area (Å²) < 4.78 is 6.02. The summed E-state index contributed by atoms with van der Waals surface area (Å²) in [6, 6.07) is 2.22. The fraction of sp³-hybridized carbons (Fsp3) is 0.667. The van der Waals surface area contributed by atoms with Crippen molar-refractivity contribution in [1.82, 2.24) is 5.32 Å². The van der Waals surface area contributed by atoms with Gasteiger partial charge in [0.1, 0.15) is 0 Å². The van der Waals surface area contributed by atoms with E-state index in [0.29, 0.717) is 13.0 Å². The van der Waals surface area contributed by atoms with E-state index in [1.807, 2.05) is 16.8 Å². The summed E-state index contributed by atoms with van der Waals surface area (Å²) in [6.07, 6.45) is 7.72. The molecule has 104 valence electrons. The number of rotatable bonds is 3. The van der Waals surface area contributed by atoms with Gasteiger partial charge in [0.15, 0.2) is 0 Å². The Morgan fingerprint density at radius 3 is 3.00 bits per heavy atom. The van der Waals surface area contributed by atoms with Crippen LogP contribution in [-0.2, 0) is 16.0 Å². The molecule has 1 aromatic heterocycles. The lowest BCUT2D eigenvalue weighted by Crippen LogP contribution is -2.38. The summed E-state index contributed by atoms with van der Waals surface area (Å²) >= 11 is 1.64. The van der Waals surface area contributed by atoms with Gasteiger partial charge in [0.2, 0.25) is 5.91 Å². The standard InChI is InChI=1S/C15H21NO2S/c17-14(8-12-4-7-19-11-12)16-13-9-15(18-10-13)5-2-1-3-6-15/h4,7,11,13H,1-3,5-6,8-10H2,(H,16,17). The van der Waals surface area contributed by atoms with E-state index in [4.69, 9.17) is 4.74 Å². The first-order chi connectivity index (χ1) is 9.26. The Morgan fingerprint density at radius 1 is 1.42 bits per heavy atom. The summed E-state index contributed by atoms with van der Waals surface area (Å²) in [5, 5.41) is 7.18. The van der Waals surface area contributed by atoms with Crippen molar-refractivity contribution in [3.63, 3.8) is 0 Å². The van der Waals surface area contributed by atoms with E-state index < -0.39 is 0 Å². The Morgan fingerprint density at radius 2 is 2.26 bits per heavy atom. The van der Waals surface area contributed by atoms with Crippen LogP contribution in [0.4, 0.5) is 0 Å². The molecule has 1 aliphatic heterocycles. The van der Waals surface area contributed by atoms with Crippen LogP contribution in [-0.4, -0.2) is 24.2 Å². The second-order valence-electron chi connectivity index (χ2n) is 5.83. The van der Waals surface area contributed by atoms with Crippen LogP contribution in [0.5, 0.6) is 0 Å². The molecule has 3 nitrogen and oxygen atoms in total. The van der Waals surface area contributed by atoms with E-state index in [9.17, 15) is 4.79 Å². The van der Waals surface area contributed by atoms with Crippen LogP contribution in [0.3, 0.4) is 0 Å². The number of thiophene rings is 1. The van der Waals surface area contributed by atoms with Crippen molar-refractivity contribution in [2.24, 2.45) is 0 Å². The predicted molar refractivity (Wildman–Crippen MR) is 76.3 cm³/mol. The molecule has 1 N–H and O–H groups in total. The first kappa shape index (κ1) is 13.1. The molecule has 1 aromatic rings. The molecule has 1 saturated heterocycles. The maximum absolute atomic E-state index is 12.0. The Balaban J connectivity index is 1.50. The van der Waals surface area contributed by atoms with Gasteiger partial charge in [-0.05, 0) is 41.7 Å². The minimum atomic E-state index is 0.0819. The third kappa shape index (κ3) is 3.18. The molecule has 0 aromatic carbocycles. The van der Waals surface area contributed by atoms with Crippen LogP contribution in [0.25, 0.3) is 0 Å². The van der Waals surface area contributed by atoms with Gasteiger partial charge in [-0.15, -0.1) is 0 Å². The van der Waals surface area contributed by atoms with E-state index >= 15 is 0 Å². The van der Waals surface area contributed by atoms with E-state index in [1.54, 1.807) is 11.3 Å². The molecular formula is C15H21NO2S. The highest BCUT2D eigenvalue weighted by molar-refractivity contribution is 7.07. The molecule has 1 unspecified atom stereocenters. The van der Waals surface area contributed by atoms with E-state index in [0.717, 1.165) is 12.0 Å². The molecule has 19 heavy (non-hydrogen) atoms. The van der Waals surface area contributed by atoms with Gasteiger partial charge in [0.25, 0.3) is 0 Å². The van der Waals surface area contributed by atoms with Crippen molar-refractivity contribution < 1.29 is 9.53 Å². The largest absolute Gasteiger partial charge is 0.373 e. The molecule has 0 bridgehead atoms. The molecule has 1 amide bonds. The van der Waals surface area contributed by atoms with Crippen molar-refractivity contribution in [1.29, 1.82) is 0 Å². The Labute approximate surface area is 118 Å². The van der Waals surface area contributed by atoms with Crippen LogP contribution >= 0.6 is 11.3 Å². The van der Waals surface area contributed by atoms with Gasteiger partial charge in [-0.3, -0.25) is 4.79 Å². The molecule has 1 saturated carbocycles. The Hall–Kier alpha value is -0.870. The van der Waals surface area contributed by atoms with Crippen LogP contribution in [0, 0.1) is 0 Å². The molecule has 1 aliphatic carbocycles. The zero-order valence-electron chi connectivity index (χ0n) is 11.2. The van der Waals surface area contributed by atoms with Gasteiger partial charge in [0.05, 0.1) is 24.7 Å². The molecule has 0 radical (unpaired) electrons. The van der Waals surface area contributed by atoms with Gasteiger partial charge >= 0.3 is 0 Å². The minimum absolute atomic E-state index is 0.0819. The molecular weight excluding hydrogens is 258 g/mol. The summed E-state index contributed by atoms with van der Waals surface area (Å²) in [6.45, 7) is 0.690. The number of nitrogens with one attached hydrogen (secondary N) is 1. The van der Waals surface area contributed by atoms with Crippen LogP contribution in [0.2, 0.25) is 0 Å². The summed E-state index contributed by atoms with van der Waals surface area (Å²) in [5.74, 6) is 0.125. The second kappa shape index (κ2) is 5.63. The third-order valence-electron chi connectivity index (χ3n) is 4.28. The average Bonchev–Trinajstić information content (AvgIpc) is 3.02. The second-order valence-corrected chi connectivity index (χ2v) is 6.61. The van der Waals surface area contributed by atoms with Gasteiger partial charge in [-0.2, -0.15) is 11.3 Å². The zero-order chi connectivity index (χ0) is 13.1. The SMILES string of the molecule is O=C(Cc1ccsc1)NC1COC2(CCCCC2)C1. The number of hydrogen-bond donors (Lipinski definition) is 1. The van der Waals surface area contributed by atoms with Crippen LogP contribution in [0.1, 0.15) is 44.1 Å². The lowest BCUT2D eigenvalue weighted by atomic mass is 9.82. The van der Waals surface area contributed by atoms with Crippen molar-refractivity contribution >= 4 is 17.2 Å². The minimum Gasteiger partial charge on any atom is -0.373 e. The number of carbonyl (C=O) groups excluding carboxylic acids is 1. The zero-order valence-corrected chi connectivity index (χ0v) is 12.0. The Bertz CT molecular complexity index is 423. The lowest BCUT2D eigenvalue weighted by Gasteiger charge is -2.32. The van der Waals surface area contributed by atoms with Crippen molar-refractivity contribution in [2.75, 3.05) is 6.61 Å². The fourth-order valence-electron chi connectivity index (χ4n) is 3.34. The maximum Gasteiger partial charge on any atom is 0.224 e. The van der Waals surface area contributed by atoms with Crippen LogP contribution in [0.15, 0.2) is 16.8 Å². The van der Waals surface area contributed by atoms with Crippen molar-refractivity contribution in [3.05, 3.63) is 22.4 Å². The number of ether oxygens (including phenoxy) is 1. The maximum atomic E-state index is 12.0. The Kier molecular flexibility index (Phi) is 3.89. The monoisotopic (exact) mass is 279 g/mol. The van der Waals surface area contributed by atoms with Gasteiger partial charge in [-0.25, -0.2) is 0 Å². The highest BCUT2D eigenvalue weighted by Gasteiger charge is 2.41.